The lowest BCUT2D eigenvalue weighted by atomic mass is 10.1. The van der Waals surface area contributed by atoms with E-state index in [4.69, 9.17) is 16.3 Å². The fourth-order valence-electron chi connectivity index (χ4n) is 1.62. The van der Waals surface area contributed by atoms with E-state index in [1.165, 1.54) is 0 Å². The standard InChI is InChI=1S/C15H14ClNO2/c1-10-5-6-12(8-11(10)2)15(18)19-9-13-4-3-7-17-14(13)16/h3-8H,9H2,1-2H3. The molecule has 0 unspecified atom stereocenters. The normalized spacial score (nSPS) is 10.3. The third-order valence-electron chi connectivity index (χ3n) is 2.94. The molecule has 1 aromatic heterocycles. The van der Waals surface area contributed by atoms with Crippen molar-refractivity contribution in [1.82, 2.24) is 4.98 Å². The van der Waals surface area contributed by atoms with Crippen LogP contribution in [0.3, 0.4) is 0 Å². The van der Waals surface area contributed by atoms with Crippen molar-refractivity contribution in [2.24, 2.45) is 0 Å². The van der Waals surface area contributed by atoms with Crippen LogP contribution in [0.5, 0.6) is 0 Å². The number of rotatable bonds is 3. The number of esters is 1. The first-order valence-electron chi connectivity index (χ1n) is 5.91. The van der Waals surface area contributed by atoms with E-state index >= 15 is 0 Å². The Morgan fingerprint density at radius 2 is 2.05 bits per heavy atom. The zero-order valence-electron chi connectivity index (χ0n) is 10.8. The number of aromatic nitrogens is 1. The summed E-state index contributed by atoms with van der Waals surface area (Å²) in [6.07, 6.45) is 1.59. The number of benzene rings is 1. The molecule has 0 atom stereocenters. The number of halogens is 1. The summed E-state index contributed by atoms with van der Waals surface area (Å²) in [5.41, 5.74) is 3.45. The molecule has 4 heteroatoms. The number of hydrogen-bond acceptors (Lipinski definition) is 3. The van der Waals surface area contributed by atoms with E-state index in [9.17, 15) is 4.79 Å². The van der Waals surface area contributed by atoms with Gasteiger partial charge in [-0.25, -0.2) is 9.78 Å². The SMILES string of the molecule is Cc1ccc(C(=O)OCc2cccnc2Cl)cc1C. The minimum absolute atomic E-state index is 0.123. The van der Waals surface area contributed by atoms with Gasteiger partial charge in [0.05, 0.1) is 5.56 Å². The third-order valence-corrected chi connectivity index (χ3v) is 3.28. The van der Waals surface area contributed by atoms with Gasteiger partial charge in [0.2, 0.25) is 0 Å². The molecule has 3 nitrogen and oxygen atoms in total. The fraction of sp³-hybridized carbons (Fsp3) is 0.200. The van der Waals surface area contributed by atoms with E-state index < -0.39 is 0 Å². The predicted molar refractivity (Wildman–Crippen MR) is 74.3 cm³/mol. The highest BCUT2D eigenvalue weighted by Crippen LogP contribution is 2.15. The molecule has 0 saturated carbocycles. The van der Waals surface area contributed by atoms with Gasteiger partial charge in [0, 0.05) is 11.8 Å². The zero-order valence-corrected chi connectivity index (χ0v) is 11.6. The number of hydrogen-bond donors (Lipinski definition) is 0. The summed E-state index contributed by atoms with van der Waals surface area (Å²) >= 11 is 5.90. The van der Waals surface area contributed by atoms with E-state index in [0.29, 0.717) is 16.3 Å². The van der Waals surface area contributed by atoms with Crippen molar-refractivity contribution < 1.29 is 9.53 Å². The van der Waals surface area contributed by atoms with Crippen molar-refractivity contribution >= 4 is 17.6 Å². The fourth-order valence-corrected chi connectivity index (χ4v) is 1.80. The van der Waals surface area contributed by atoms with E-state index in [1.54, 1.807) is 24.4 Å². The first-order valence-corrected chi connectivity index (χ1v) is 6.29. The molecule has 0 aliphatic heterocycles. The molecular formula is C15H14ClNO2. The van der Waals surface area contributed by atoms with Gasteiger partial charge >= 0.3 is 5.97 Å². The largest absolute Gasteiger partial charge is 0.457 e. The average molecular weight is 276 g/mol. The van der Waals surface area contributed by atoms with Crippen LogP contribution in [-0.4, -0.2) is 11.0 Å². The summed E-state index contributed by atoms with van der Waals surface area (Å²) in [6.45, 7) is 4.09. The van der Waals surface area contributed by atoms with Crippen molar-refractivity contribution in [3.05, 3.63) is 63.9 Å². The molecule has 1 heterocycles. The second kappa shape index (κ2) is 5.85. The highest BCUT2D eigenvalue weighted by molar-refractivity contribution is 6.30. The Labute approximate surface area is 117 Å². The number of carbonyl (C=O) groups excluding carboxylic acids is 1. The van der Waals surface area contributed by atoms with Crippen LogP contribution < -0.4 is 0 Å². The molecule has 0 spiro atoms. The molecule has 0 bridgehead atoms. The maximum atomic E-state index is 11.9. The van der Waals surface area contributed by atoms with Crippen LogP contribution in [0.2, 0.25) is 5.15 Å². The van der Waals surface area contributed by atoms with Crippen LogP contribution >= 0.6 is 11.6 Å². The average Bonchev–Trinajstić information content (AvgIpc) is 2.40. The molecule has 0 aliphatic carbocycles. The monoisotopic (exact) mass is 275 g/mol. The van der Waals surface area contributed by atoms with E-state index in [-0.39, 0.29) is 12.6 Å². The van der Waals surface area contributed by atoms with Gasteiger partial charge in [0.15, 0.2) is 0 Å². The van der Waals surface area contributed by atoms with E-state index in [2.05, 4.69) is 4.98 Å². The molecule has 0 fully saturated rings. The molecule has 19 heavy (non-hydrogen) atoms. The smallest absolute Gasteiger partial charge is 0.338 e. The molecular weight excluding hydrogens is 262 g/mol. The molecule has 98 valence electrons. The molecule has 2 rings (SSSR count). The van der Waals surface area contributed by atoms with Crippen molar-refractivity contribution in [2.45, 2.75) is 20.5 Å². The van der Waals surface area contributed by atoms with Crippen molar-refractivity contribution in [2.75, 3.05) is 0 Å². The summed E-state index contributed by atoms with van der Waals surface area (Å²) in [6, 6.07) is 9.02. The maximum Gasteiger partial charge on any atom is 0.338 e. The number of aryl methyl sites for hydroxylation is 2. The number of ether oxygens (including phenoxy) is 1. The van der Waals surface area contributed by atoms with E-state index in [0.717, 1.165) is 11.1 Å². The second-order valence-corrected chi connectivity index (χ2v) is 4.69. The Morgan fingerprint density at radius 3 is 2.74 bits per heavy atom. The lowest BCUT2D eigenvalue weighted by molar-refractivity contribution is 0.0472. The number of nitrogens with zero attached hydrogens (tertiary/aromatic N) is 1. The Bertz CT molecular complexity index is 611. The highest BCUT2D eigenvalue weighted by atomic mass is 35.5. The quantitative estimate of drug-likeness (QED) is 0.633. The Morgan fingerprint density at radius 1 is 1.26 bits per heavy atom. The van der Waals surface area contributed by atoms with Gasteiger partial charge in [-0.2, -0.15) is 0 Å². The van der Waals surface area contributed by atoms with Crippen LogP contribution in [0.15, 0.2) is 36.5 Å². The Balaban J connectivity index is 2.05. The van der Waals surface area contributed by atoms with Gasteiger partial charge in [-0.1, -0.05) is 23.7 Å². The summed E-state index contributed by atoms with van der Waals surface area (Å²) in [4.78, 5) is 15.8. The van der Waals surface area contributed by atoms with E-state index in [1.807, 2.05) is 26.0 Å². The maximum absolute atomic E-state index is 11.9. The van der Waals surface area contributed by atoms with Crippen LogP contribution in [0.4, 0.5) is 0 Å². The molecule has 0 aliphatic rings. The molecule has 1 aromatic carbocycles. The molecule has 2 aromatic rings. The summed E-state index contributed by atoms with van der Waals surface area (Å²) in [5, 5.41) is 0.357. The molecule has 0 N–H and O–H groups in total. The number of pyridine rings is 1. The predicted octanol–water partition coefficient (Wildman–Crippen LogP) is 3.71. The molecule has 0 radical (unpaired) electrons. The summed E-state index contributed by atoms with van der Waals surface area (Å²) < 4.78 is 5.23. The molecule has 0 saturated heterocycles. The lowest BCUT2D eigenvalue weighted by Crippen LogP contribution is -2.06. The first-order chi connectivity index (χ1) is 9.08. The van der Waals surface area contributed by atoms with Crippen LogP contribution in [0, 0.1) is 13.8 Å². The van der Waals surface area contributed by atoms with Crippen LogP contribution in [-0.2, 0) is 11.3 Å². The third kappa shape index (κ3) is 3.32. The van der Waals surface area contributed by atoms with Gasteiger partial charge < -0.3 is 4.74 Å². The topological polar surface area (TPSA) is 39.2 Å². The second-order valence-electron chi connectivity index (χ2n) is 4.33. The van der Waals surface area contributed by atoms with Gasteiger partial charge in [0.25, 0.3) is 0 Å². The summed E-state index contributed by atoms with van der Waals surface area (Å²) in [5.74, 6) is -0.358. The zero-order chi connectivity index (χ0) is 13.8. The van der Waals surface area contributed by atoms with Crippen molar-refractivity contribution in [3.8, 4) is 0 Å². The highest BCUT2D eigenvalue weighted by Gasteiger charge is 2.09. The Kier molecular flexibility index (Phi) is 4.17. The summed E-state index contributed by atoms with van der Waals surface area (Å²) in [7, 11) is 0. The minimum atomic E-state index is -0.358. The number of carbonyl (C=O) groups is 1. The van der Waals surface area contributed by atoms with Gasteiger partial charge in [-0.3, -0.25) is 0 Å². The first kappa shape index (κ1) is 13.6. The lowest BCUT2D eigenvalue weighted by Gasteiger charge is -2.07. The van der Waals surface area contributed by atoms with Crippen LogP contribution in [0.1, 0.15) is 27.0 Å². The van der Waals surface area contributed by atoms with Gasteiger partial charge in [-0.05, 0) is 43.2 Å². The van der Waals surface area contributed by atoms with Crippen molar-refractivity contribution in [3.63, 3.8) is 0 Å². The van der Waals surface area contributed by atoms with Gasteiger partial charge in [0.1, 0.15) is 11.8 Å². The van der Waals surface area contributed by atoms with Gasteiger partial charge in [-0.15, -0.1) is 0 Å². The van der Waals surface area contributed by atoms with Crippen molar-refractivity contribution in [1.29, 1.82) is 0 Å². The van der Waals surface area contributed by atoms with Crippen LogP contribution in [0.25, 0.3) is 0 Å². The Hall–Kier alpha value is -1.87. The minimum Gasteiger partial charge on any atom is -0.457 e. The molecule has 0 amide bonds.